The van der Waals surface area contributed by atoms with Gasteiger partial charge in [0.15, 0.2) is 0 Å². The molecule has 2 N–H and O–H groups in total. The first-order valence-corrected chi connectivity index (χ1v) is 8.37. The number of urea groups is 1. The third-order valence-corrected chi connectivity index (χ3v) is 3.68. The summed E-state index contributed by atoms with van der Waals surface area (Å²) in [5, 5.41) is 5.18. The molecule has 1 saturated heterocycles. The topological polar surface area (TPSA) is 114 Å². The zero-order valence-corrected chi connectivity index (χ0v) is 15.7. The number of anilines is 1. The molecule has 146 valence electrons. The number of imide groups is 1. The molecule has 1 heterocycles. The molecular weight excluding hydrogens is 354 g/mol. The Bertz CT molecular complexity index is 738. The van der Waals surface area contributed by atoms with Crippen LogP contribution in [-0.2, 0) is 25.6 Å². The van der Waals surface area contributed by atoms with Gasteiger partial charge in [0.25, 0.3) is 0 Å². The van der Waals surface area contributed by atoms with Crippen LogP contribution in [0, 0.1) is 0 Å². The Hall–Kier alpha value is -3.10. The molecular formula is C18H23N3O6. The van der Waals surface area contributed by atoms with E-state index in [1.807, 2.05) is 0 Å². The number of rotatable bonds is 4. The Labute approximate surface area is 157 Å². The number of amides is 4. The Morgan fingerprint density at radius 3 is 2.33 bits per heavy atom. The molecule has 1 aromatic rings. The lowest BCUT2D eigenvalue weighted by Crippen LogP contribution is -2.60. The molecule has 0 aliphatic carbocycles. The number of benzene rings is 1. The van der Waals surface area contributed by atoms with Gasteiger partial charge in [-0.15, -0.1) is 0 Å². The standard InChI is InChI=1S/C18H23N3O6/c1-18(2,3)27-17(25)19-10-11-5-7-12(8-6-11)20-16(24)21-13(9-14(21)22)15(23)26-4/h5-8,13H,9-10H2,1-4H3,(H,19,25)(H,20,24). The van der Waals surface area contributed by atoms with Gasteiger partial charge in [-0.25, -0.2) is 19.3 Å². The highest BCUT2D eigenvalue weighted by molar-refractivity contribution is 6.09. The second-order valence-electron chi connectivity index (χ2n) is 6.99. The van der Waals surface area contributed by atoms with Crippen molar-refractivity contribution in [3.8, 4) is 0 Å². The third-order valence-electron chi connectivity index (χ3n) is 3.68. The van der Waals surface area contributed by atoms with Gasteiger partial charge in [-0.05, 0) is 38.5 Å². The predicted octanol–water partition coefficient (Wildman–Crippen LogP) is 2.02. The molecule has 0 saturated carbocycles. The maximum absolute atomic E-state index is 12.2. The summed E-state index contributed by atoms with van der Waals surface area (Å²) in [5.74, 6) is -1.07. The number of likely N-dealkylation sites (tertiary alicyclic amines) is 1. The Morgan fingerprint density at radius 1 is 1.19 bits per heavy atom. The zero-order valence-electron chi connectivity index (χ0n) is 15.7. The van der Waals surface area contributed by atoms with Crippen molar-refractivity contribution in [1.29, 1.82) is 0 Å². The van der Waals surface area contributed by atoms with Crippen LogP contribution in [0.15, 0.2) is 24.3 Å². The molecule has 2 rings (SSSR count). The van der Waals surface area contributed by atoms with Crippen molar-refractivity contribution in [1.82, 2.24) is 10.2 Å². The minimum absolute atomic E-state index is 0.0463. The summed E-state index contributed by atoms with van der Waals surface area (Å²) in [4.78, 5) is 47.8. The summed E-state index contributed by atoms with van der Waals surface area (Å²) >= 11 is 0. The summed E-state index contributed by atoms with van der Waals surface area (Å²) in [5.41, 5.74) is 0.671. The summed E-state index contributed by atoms with van der Waals surface area (Å²) < 4.78 is 9.71. The number of alkyl carbamates (subject to hydrolysis) is 1. The quantitative estimate of drug-likeness (QED) is 0.613. The van der Waals surface area contributed by atoms with Gasteiger partial charge in [0.1, 0.15) is 11.6 Å². The summed E-state index contributed by atoms with van der Waals surface area (Å²) in [7, 11) is 1.20. The Kier molecular flexibility index (Phi) is 6.04. The maximum atomic E-state index is 12.2. The van der Waals surface area contributed by atoms with E-state index in [-0.39, 0.29) is 13.0 Å². The SMILES string of the molecule is COC(=O)C1CC(=O)N1C(=O)Nc1ccc(CNC(=O)OC(C)(C)C)cc1. The van der Waals surface area contributed by atoms with E-state index < -0.39 is 35.6 Å². The molecule has 0 bridgehead atoms. The van der Waals surface area contributed by atoms with E-state index in [1.165, 1.54) is 7.11 Å². The Morgan fingerprint density at radius 2 is 1.81 bits per heavy atom. The Balaban J connectivity index is 1.88. The molecule has 9 nitrogen and oxygen atoms in total. The van der Waals surface area contributed by atoms with Crippen molar-refractivity contribution < 1.29 is 28.7 Å². The largest absolute Gasteiger partial charge is 0.467 e. The third kappa shape index (κ3) is 5.44. The maximum Gasteiger partial charge on any atom is 0.407 e. The average molecular weight is 377 g/mol. The van der Waals surface area contributed by atoms with Crippen molar-refractivity contribution in [3.63, 3.8) is 0 Å². The molecule has 1 atom stereocenters. The van der Waals surface area contributed by atoms with Gasteiger partial charge in [0.05, 0.1) is 13.5 Å². The van der Waals surface area contributed by atoms with Crippen molar-refractivity contribution in [3.05, 3.63) is 29.8 Å². The molecule has 1 aliphatic heterocycles. The van der Waals surface area contributed by atoms with Crippen molar-refractivity contribution in [2.75, 3.05) is 12.4 Å². The lowest BCUT2D eigenvalue weighted by Gasteiger charge is -2.36. The first-order chi connectivity index (χ1) is 12.6. The second kappa shape index (κ2) is 8.07. The molecule has 27 heavy (non-hydrogen) atoms. The van der Waals surface area contributed by atoms with Crippen LogP contribution in [0.25, 0.3) is 0 Å². The minimum atomic E-state index is -0.889. The van der Waals surface area contributed by atoms with E-state index in [1.54, 1.807) is 45.0 Å². The van der Waals surface area contributed by atoms with E-state index in [9.17, 15) is 19.2 Å². The highest BCUT2D eigenvalue weighted by Crippen LogP contribution is 2.22. The molecule has 1 aliphatic rings. The van der Waals surface area contributed by atoms with Crippen LogP contribution in [-0.4, -0.2) is 47.7 Å². The highest BCUT2D eigenvalue weighted by Gasteiger charge is 2.46. The number of nitrogens with one attached hydrogen (secondary N) is 2. The number of hydrogen-bond acceptors (Lipinski definition) is 6. The van der Waals surface area contributed by atoms with Gasteiger partial charge >= 0.3 is 18.1 Å². The highest BCUT2D eigenvalue weighted by atomic mass is 16.6. The summed E-state index contributed by atoms with van der Waals surface area (Å²) in [6, 6.07) is 5.09. The van der Waals surface area contributed by atoms with Crippen molar-refractivity contribution >= 4 is 29.7 Å². The monoisotopic (exact) mass is 377 g/mol. The molecule has 1 fully saturated rings. The second-order valence-corrected chi connectivity index (χ2v) is 6.99. The van der Waals surface area contributed by atoms with Crippen LogP contribution in [0.1, 0.15) is 32.8 Å². The molecule has 0 aromatic heterocycles. The lowest BCUT2D eigenvalue weighted by molar-refractivity contribution is -0.159. The van der Waals surface area contributed by atoms with E-state index in [0.717, 1.165) is 10.5 Å². The fraction of sp³-hybridized carbons (Fsp3) is 0.444. The van der Waals surface area contributed by atoms with Gasteiger partial charge < -0.3 is 20.1 Å². The lowest BCUT2D eigenvalue weighted by atomic mass is 10.0. The number of nitrogens with zero attached hydrogens (tertiary/aromatic N) is 1. The van der Waals surface area contributed by atoms with Crippen LogP contribution in [0.4, 0.5) is 15.3 Å². The minimum Gasteiger partial charge on any atom is -0.467 e. The van der Waals surface area contributed by atoms with Gasteiger partial charge in [-0.3, -0.25) is 4.79 Å². The first kappa shape index (κ1) is 20.2. The van der Waals surface area contributed by atoms with Gasteiger partial charge in [0, 0.05) is 12.2 Å². The van der Waals surface area contributed by atoms with Crippen LogP contribution >= 0.6 is 0 Å². The van der Waals surface area contributed by atoms with Gasteiger partial charge in [0.2, 0.25) is 5.91 Å². The number of ether oxygens (including phenoxy) is 2. The van der Waals surface area contributed by atoms with Gasteiger partial charge in [-0.1, -0.05) is 12.1 Å². The number of carbonyl (C=O) groups excluding carboxylic acids is 4. The van der Waals surface area contributed by atoms with E-state index in [0.29, 0.717) is 5.69 Å². The van der Waals surface area contributed by atoms with E-state index >= 15 is 0 Å². The van der Waals surface area contributed by atoms with E-state index in [2.05, 4.69) is 15.4 Å². The number of esters is 1. The van der Waals surface area contributed by atoms with Crippen LogP contribution in [0.3, 0.4) is 0 Å². The first-order valence-electron chi connectivity index (χ1n) is 8.37. The predicted molar refractivity (Wildman–Crippen MR) is 95.8 cm³/mol. The van der Waals surface area contributed by atoms with Crippen LogP contribution in [0.5, 0.6) is 0 Å². The number of methoxy groups -OCH3 is 1. The van der Waals surface area contributed by atoms with Crippen LogP contribution in [0.2, 0.25) is 0 Å². The van der Waals surface area contributed by atoms with Crippen molar-refractivity contribution in [2.24, 2.45) is 0 Å². The molecule has 1 aromatic carbocycles. The fourth-order valence-electron chi connectivity index (χ4n) is 2.37. The van der Waals surface area contributed by atoms with Gasteiger partial charge in [-0.2, -0.15) is 0 Å². The summed E-state index contributed by atoms with van der Waals surface area (Å²) in [6.45, 7) is 5.59. The molecule has 4 amide bonds. The fourth-order valence-corrected chi connectivity index (χ4v) is 2.37. The molecule has 1 unspecified atom stereocenters. The van der Waals surface area contributed by atoms with Crippen LogP contribution < -0.4 is 10.6 Å². The smallest absolute Gasteiger partial charge is 0.407 e. The normalized spacial score (nSPS) is 16.2. The molecule has 0 radical (unpaired) electrons. The number of β-lactam (4-membered cyclic amide) rings is 1. The molecule has 0 spiro atoms. The zero-order chi connectivity index (χ0) is 20.2. The number of hydrogen-bond donors (Lipinski definition) is 2. The average Bonchev–Trinajstić information content (AvgIpc) is 2.56. The molecule has 9 heteroatoms. The van der Waals surface area contributed by atoms with E-state index in [4.69, 9.17) is 4.74 Å². The summed E-state index contributed by atoms with van der Waals surface area (Å²) in [6.07, 6.45) is -0.569. The van der Waals surface area contributed by atoms with Crippen molar-refractivity contribution in [2.45, 2.75) is 45.4 Å². The number of carbonyl (C=O) groups is 4.